The number of halogens is 1. The summed E-state index contributed by atoms with van der Waals surface area (Å²) in [6.45, 7) is 0.959. The summed E-state index contributed by atoms with van der Waals surface area (Å²) >= 11 is 0. The number of fused-ring (bicyclic) bond motifs is 1. The van der Waals surface area contributed by atoms with Gasteiger partial charge in [-0.05, 0) is 36.2 Å². The lowest BCUT2D eigenvalue weighted by Gasteiger charge is -2.18. The van der Waals surface area contributed by atoms with Crippen LogP contribution >= 0.6 is 0 Å². The van der Waals surface area contributed by atoms with Crippen LogP contribution in [0.5, 0.6) is 0 Å². The third-order valence-electron chi connectivity index (χ3n) is 5.52. The second-order valence-electron chi connectivity index (χ2n) is 7.53. The third kappa shape index (κ3) is 3.64. The van der Waals surface area contributed by atoms with E-state index in [0.717, 1.165) is 46.7 Å². The third-order valence-corrected chi connectivity index (χ3v) is 5.52. The van der Waals surface area contributed by atoms with Crippen LogP contribution < -0.4 is 0 Å². The summed E-state index contributed by atoms with van der Waals surface area (Å²) < 4.78 is 21.7. The minimum atomic E-state index is -0.235. The number of aryl methyl sites for hydroxylation is 1. The SMILES string of the molecule is Fc1cccc(COC[C@@H]2CCc3nc(-c4ccccc4)c(-c4ccncc4)n32)c1. The molecule has 1 aliphatic heterocycles. The van der Waals surface area contributed by atoms with E-state index in [1.54, 1.807) is 6.07 Å². The Balaban J connectivity index is 1.46. The Bertz CT molecular complexity index is 1140. The molecule has 2 aromatic heterocycles. The monoisotopic (exact) mass is 399 g/mol. The molecule has 0 N–H and O–H groups in total. The normalized spacial score (nSPS) is 15.3. The number of pyridine rings is 1. The van der Waals surface area contributed by atoms with Crippen LogP contribution in [0.4, 0.5) is 4.39 Å². The number of benzene rings is 2. The summed E-state index contributed by atoms with van der Waals surface area (Å²) in [6, 6.07) is 21.1. The zero-order chi connectivity index (χ0) is 20.3. The van der Waals surface area contributed by atoms with Gasteiger partial charge in [0.05, 0.1) is 30.6 Å². The molecule has 0 amide bonds. The Kier molecular flexibility index (Phi) is 5.11. The van der Waals surface area contributed by atoms with Crippen LogP contribution in [0.2, 0.25) is 0 Å². The molecular formula is C25H22FN3O. The maximum absolute atomic E-state index is 13.4. The van der Waals surface area contributed by atoms with Crippen LogP contribution in [-0.4, -0.2) is 21.1 Å². The summed E-state index contributed by atoms with van der Waals surface area (Å²) in [4.78, 5) is 9.18. The van der Waals surface area contributed by atoms with Crippen molar-refractivity contribution < 1.29 is 9.13 Å². The Morgan fingerprint density at radius 3 is 2.60 bits per heavy atom. The molecule has 0 aliphatic carbocycles. The molecule has 150 valence electrons. The van der Waals surface area contributed by atoms with Crippen LogP contribution in [0.25, 0.3) is 22.5 Å². The number of hydrogen-bond acceptors (Lipinski definition) is 3. The van der Waals surface area contributed by atoms with Crippen LogP contribution in [0.15, 0.2) is 79.1 Å². The molecule has 0 unspecified atom stereocenters. The molecule has 30 heavy (non-hydrogen) atoms. The van der Waals surface area contributed by atoms with Crippen LogP contribution in [0.1, 0.15) is 23.9 Å². The molecule has 5 rings (SSSR count). The molecule has 0 saturated carbocycles. The van der Waals surface area contributed by atoms with E-state index < -0.39 is 0 Å². The number of aromatic nitrogens is 3. The van der Waals surface area contributed by atoms with Crippen molar-refractivity contribution in [1.82, 2.24) is 14.5 Å². The molecule has 1 aliphatic rings. The highest BCUT2D eigenvalue weighted by Gasteiger charge is 2.30. The van der Waals surface area contributed by atoms with Crippen molar-refractivity contribution in [1.29, 1.82) is 0 Å². The Morgan fingerprint density at radius 1 is 0.967 bits per heavy atom. The lowest BCUT2D eigenvalue weighted by Crippen LogP contribution is -2.13. The van der Waals surface area contributed by atoms with Crippen molar-refractivity contribution in [3.63, 3.8) is 0 Å². The summed E-state index contributed by atoms with van der Waals surface area (Å²) in [5.41, 5.74) is 5.14. The van der Waals surface area contributed by atoms with Crippen molar-refractivity contribution in [2.24, 2.45) is 0 Å². The van der Waals surface area contributed by atoms with Crippen molar-refractivity contribution in [2.45, 2.75) is 25.5 Å². The van der Waals surface area contributed by atoms with Gasteiger partial charge in [0.1, 0.15) is 11.6 Å². The lowest BCUT2D eigenvalue weighted by atomic mass is 10.0. The van der Waals surface area contributed by atoms with Crippen LogP contribution in [0.3, 0.4) is 0 Å². The highest BCUT2D eigenvalue weighted by atomic mass is 19.1. The van der Waals surface area contributed by atoms with E-state index in [4.69, 9.17) is 9.72 Å². The van der Waals surface area contributed by atoms with Crippen molar-refractivity contribution in [2.75, 3.05) is 6.61 Å². The van der Waals surface area contributed by atoms with Gasteiger partial charge in [0.2, 0.25) is 0 Å². The standard InChI is InChI=1S/C25H22FN3O/c26-21-8-4-5-18(15-21)16-30-17-22-9-10-23-28-24(19-6-2-1-3-7-19)25(29(22)23)20-11-13-27-14-12-20/h1-8,11-15,22H,9-10,16-17H2/t22-/m0/s1. The first-order chi connectivity index (χ1) is 14.8. The van der Waals surface area contributed by atoms with E-state index in [0.29, 0.717) is 13.2 Å². The number of imidazole rings is 1. The highest BCUT2D eigenvalue weighted by molar-refractivity contribution is 5.79. The fourth-order valence-electron chi connectivity index (χ4n) is 4.15. The second kappa shape index (κ2) is 8.20. The first-order valence-electron chi connectivity index (χ1n) is 10.2. The largest absolute Gasteiger partial charge is 0.375 e. The average Bonchev–Trinajstić information content (AvgIpc) is 3.35. The van der Waals surface area contributed by atoms with E-state index in [1.165, 1.54) is 12.1 Å². The van der Waals surface area contributed by atoms with E-state index in [2.05, 4.69) is 21.7 Å². The van der Waals surface area contributed by atoms with Gasteiger partial charge in [-0.25, -0.2) is 9.37 Å². The number of nitrogens with zero attached hydrogens (tertiary/aromatic N) is 3. The predicted octanol–water partition coefficient (Wildman–Crippen LogP) is 5.46. The molecule has 3 heterocycles. The molecule has 0 bridgehead atoms. The first kappa shape index (κ1) is 18.7. The minimum absolute atomic E-state index is 0.196. The molecule has 4 aromatic rings. The molecule has 4 nitrogen and oxygen atoms in total. The van der Waals surface area contributed by atoms with Gasteiger partial charge < -0.3 is 9.30 Å². The summed E-state index contributed by atoms with van der Waals surface area (Å²) in [5.74, 6) is 0.848. The van der Waals surface area contributed by atoms with Gasteiger partial charge >= 0.3 is 0 Å². The number of hydrogen-bond donors (Lipinski definition) is 0. The fourth-order valence-corrected chi connectivity index (χ4v) is 4.15. The summed E-state index contributed by atoms with van der Waals surface area (Å²) in [5, 5.41) is 0. The van der Waals surface area contributed by atoms with Gasteiger partial charge in [0, 0.05) is 29.9 Å². The van der Waals surface area contributed by atoms with Gasteiger partial charge in [0.15, 0.2) is 0 Å². The van der Waals surface area contributed by atoms with Crippen molar-refractivity contribution in [3.8, 4) is 22.5 Å². The quantitative estimate of drug-likeness (QED) is 0.432. The van der Waals surface area contributed by atoms with E-state index in [-0.39, 0.29) is 11.9 Å². The average molecular weight is 399 g/mol. The highest BCUT2D eigenvalue weighted by Crippen LogP contribution is 2.39. The summed E-state index contributed by atoms with van der Waals surface area (Å²) in [6.07, 6.45) is 5.53. The number of ether oxygens (including phenoxy) is 1. The Morgan fingerprint density at radius 2 is 1.80 bits per heavy atom. The van der Waals surface area contributed by atoms with E-state index in [1.807, 2.05) is 48.8 Å². The maximum Gasteiger partial charge on any atom is 0.123 e. The van der Waals surface area contributed by atoms with Gasteiger partial charge in [-0.15, -0.1) is 0 Å². The smallest absolute Gasteiger partial charge is 0.123 e. The topological polar surface area (TPSA) is 39.9 Å². The lowest BCUT2D eigenvalue weighted by molar-refractivity contribution is 0.0923. The Hall–Kier alpha value is -3.31. The molecule has 0 fully saturated rings. The molecule has 0 saturated heterocycles. The van der Waals surface area contributed by atoms with E-state index in [9.17, 15) is 4.39 Å². The van der Waals surface area contributed by atoms with Gasteiger partial charge in [0.25, 0.3) is 0 Å². The first-order valence-corrected chi connectivity index (χ1v) is 10.2. The molecule has 1 atom stereocenters. The molecule has 5 heteroatoms. The summed E-state index contributed by atoms with van der Waals surface area (Å²) in [7, 11) is 0. The zero-order valence-electron chi connectivity index (χ0n) is 16.5. The molecule has 0 spiro atoms. The molecule has 2 aromatic carbocycles. The predicted molar refractivity (Wildman–Crippen MR) is 114 cm³/mol. The Labute approximate surface area is 175 Å². The van der Waals surface area contributed by atoms with E-state index >= 15 is 0 Å². The van der Waals surface area contributed by atoms with Gasteiger partial charge in [-0.3, -0.25) is 4.98 Å². The van der Waals surface area contributed by atoms with Crippen molar-refractivity contribution >= 4 is 0 Å². The van der Waals surface area contributed by atoms with Crippen LogP contribution in [-0.2, 0) is 17.8 Å². The second-order valence-corrected chi connectivity index (χ2v) is 7.53. The van der Waals surface area contributed by atoms with Gasteiger partial charge in [-0.2, -0.15) is 0 Å². The van der Waals surface area contributed by atoms with Crippen molar-refractivity contribution in [3.05, 3.63) is 96.3 Å². The zero-order valence-corrected chi connectivity index (χ0v) is 16.5. The number of rotatable bonds is 6. The molecule has 0 radical (unpaired) electrons. The van der Waals surface area contributed by atoms with Crippen LogP contribution in [0, 0.1) is 5.82 Å². The molecular weight excluding hydrogens is 377 g/mol. The minimum Gasteiger partial charge on any atom is -0.375 e. The fraction of sp³-hybridized carbons (Fsp3) is 0.200. The van der Waals surface area contributed by atoms with Gasteiger partial charge in [-0.1, -0.05) is 42.5 Å². The maximum atomic E-state index is 13.4.